The second-order valence-electron chi connectivity index (χ2n) is 4.76. The normalized spacial score (nSPS) is 19.2. The molecule has 1 unspecified atom stereocenters. The Labute approximate surface area is 116 Å². The number of furan rings is 1. The van der Waals surface area contributed by atoms with E-state index in [1.807, 2.05) is 0 Å². The summed E-state index contributed by atoms with van der Waals surface area (Å²) in [4.78, 5) is 14.2. The molecule has 0 aromatic carbocycles. The fraction of sp³-hybridized carbons (Fsp3) is 0.462. The first-order chi connectivity index (χ1) is 9.74. The van der Waals surface area contributed by atoms with Crippen LogP contribution in [0, 0.1) is 6.92 Å². The summed E-state index contributed by atoms with van der Waals surface area (Å²) in [6, 6.07) is 1.71. The molecule has 106 valence electrons. The van der Waals surface area contributed by atoms with E-state index in [4.69, 9.17) is 9.15 Å². The van der Waals surface area contributed by atoms with Crippen molar-refractivity contribution >= 4 is 5.91 Å². The Kier molecular flexibility index (Phi) is 3.51. The van der Waals surface area contributed by atoms with Crippen molar-refractivity contribution in [2.24, 2.45) is 0 Å². The van der Waals surface area contributed by atoms with E-state index in [1.165, 1.54) is 6.26 Å². The fourth-order valence-corrected chi connectivity index (χ4v) is 2.33. The zero-order chi connectivity index (χ0) is 13.9. The first kappa shape index (κ1) is 12.9. The Bertz CT molecular complexity index is 578. The standard InChI is InChI=1S/C13H16N4O3/c1-10-12(2-6-19-10)13(18)16-5-7-20-11(8-16)9-17-4-3-14-15-17/h2-4,6,11H,5,7-9H2,1H3. The fourth-order valence-electron chi connectivity index (χ4n) is 2.33. The maximum Gasteiger partial charge on any atom is 0.257 e. The van der Waals surface area contributed by atoms with Crippen molar-refractivity contribution in [3.05, 3.63) is 36.0 Å². The number of carbonyl (C=O) groups is 1. The van der Waals surface area contributed by atoms with Gasteiger partial charge in [-0.1, -0.05) is 5.21 Å². The number of hydrogen-bond donors (Lipinski definition) is 0. The monoisotopic (exact) mass is 276 g/mol. The summed E-state index contributed by atoms with van der Waals surface area (Å²) in [6.45, 7) is 4.05. The summed E-state index contributed by atoms with van der Waals surface area (Å²) in [5.41, 5.74) is 0.617. The van der Waals surface area contributed by atoms with Crippen molar-refractivity contribution in [2.45, 2.75) is 19.6 Å². The van der Waals surface area contributed by atoms with Gasteiger partial charge in [0.25, 0.3) is 5.91 Å². The summed E-state index contributed by atoms with van der Waals surface area (Å²) in [5, 5.41) is 7.67. The Balaban J connectivity index is 1.66. The average Bonchev–Trinajstić information content (AvgIpc) is 3.10. The molecule has 1 aliphatic heterocycles. The van der Waals surface area contributed by atoms with Crippen molar-refractivity contribution in [3.63, 3.8) is 0 Å². The molecule has 3 rings (SSSR count). The van der Waals surface area contributed by atoms with Crippen LogP contribution in [0.4, 0.5) is 0 Å². The van der Waals surface area contributed by atoms with Crippen molar-refractivity contribution in [3.8, 4) is 0 Å². The van der Waals surface area contributed by atoms with Gasteiger partial charge in [-0.25, -0.2) is 4.68 Å². The van der Waals surface area contributed by atoms with Crippen LogP contribution in [0.2, 0.25) is 0 Å². The average molecular weight is 276 g/mol. The second-order valence-corrected chi connectivity index (χ2v) is 4.76. The number of morpholine rings is 1. The molecule has 1 amide bonds. The van der Waals surface area contributed by atoms with Crippen LogP contribution >= 0.6 is 0 Å². The first-order valence-corrected chi connectivity index (χ1v) is 6.53. The second kappa shape index (κ2) is 5.46. The maximum absolute atomic E-state index is 12.4. The maximum atomic E-state index is 12.4. The van der Waals surface area contributed by atoms with Crippen LogP contribution in [0.5, 0.6) is 0 Å². The van der Waals surface area contributed by atoms with Crippen molar-refractivity contribution < 1.29 is 13.9 Å². The van der Waals surface area contributed by atoms with Gasteiger partial charge in [-0.3, -0.25) is 4.79 Å². The van der Waals surface area contributed by atoms with Crippen molar-refractivity contribution in [1.29, 1.82) is 0 Å². The van der Waals surface area contributed by atoms with Gasteiger partial charge in [0.2, 0.25) is 0 Å². The van der Waals surface area contributed by atoms with E-state index in [1.54, 1.807) is 35.0 Å². The molecule has 1 fully saturated rings. The third kappa shape index (κ3) is 2.57. The van der Waals surface area contributed by atoms with E-state index in [0.29, 0.717) is 37.6 Å². The van der Waals surface area contributed by atoms with Crippen LogP contribution in [-0.2, 0) is 11.3 Å². The summed E-state index contributed by atoms with van der Waals surface area (Å²) < 4.78 is 12.6. The molecule has 3 heterocycles. The molecular weight excluding hydrogens is 260 g/mol. The topological polar surface area (TPSA) is 73.4 Å². The number of aromatic nitrogens is 3. The summed E-state index contributed by atoms with van der Waals surface area (Å²) >= 11 is 0. The molecule has 2 aromatic heterocycles. The van der Waals surface area contributed by atoms with E-state index < -0.39 is 0 Å². The highest BCUT2D eigenvalue weighted by Gasteiger charge is 2.27. The first-order valence-electron chi connectivity index (χ1n) is 6.53. The molecule has 1 saturated heterocycles. The van der Waals surface area contributed by atoms with E-state index in [2.05, 4.69) is 10.3 Å². The van der Waals surface area contributed by atoms with E-state index >= 15 is 0 Å². The molecule has 1 atom stereocenters. The predicted molar refractivity (Wildman–Crippen MR) is 69.1 cm³/mol. The van der Waals surface area contributed by atoms with Crippen LogP contribution < -0.4 is 0 Å². The van der Waals surface area contributed by atoms with E-state index in [0.717, 1.165) is 0 Å². The number of carbonyl (C=O) groups excluding carboxylic acids is 1. The van der Waals surface area contributed by atoms with Gasteiger partial charge >= 0.3 is 0 Å². The zero-order valence-electron chi connectivity index (χ0n) is 11.2. The van der Waals surface area contributed by atoms with E-state index in [-0.39, 0.29) is 12.0 Å². The highest BCUT2D eigenvalue weighted by Crippen LogP contribution is 2.15. The summed E-state index contributed by atoms with van der Waals surface area (Å²) in [5.74, 6) is 0.637. The Morgan fingerprint density at radius 3 is 3.15 bits per heavy atom. The lowest BCUT2D eigenvalue weighted by Crippen LogP contribution is -2.47. The third-order valence-corrected chi connectivity index (χ3v) is 3.38. The molecule has 1 aliphatic rings. The van der Waals surface area contributed by atoms with Gasteiger partial charge < -0.3 is 14.1 Å². The number of hydrogen-bond acceptors (Lipinski definition) is 5. The van der Waals surface area contributed by atoms with Crippen LogP contribution in [0.3, 0.4) is 0 Å². The van der Waals surface area contributed by atoms with Gasteiger partial charge in [-0.05, 0) is 13.0 Å². The highest BCUT2D eigenvalue weighted by atomic mass is 16.5. The lowest BCUT2D eigenvalue weighted by molar-refractivity contribution is -0.0302. The van der Waals surface area contributed by atoms with Crippen LogP contribution in [0.1, 0.15) is 16.1 Å². The van der Waals surface area contributed by atoms with Gasteiger partial charge in [0.15, 0.2) is 0 Å². The summed E-state index contributed by atoms with van der Waals surface area (Å²) in [6.07, 6.45) is 4.88. The number of rotatable bonds is 3. The summed E-state index contributed by atoms with van der Waals surface area (Å²) in [7, 11) is 0. The smallest absolute Gasteiger partial charge is 0.257 e. The lowest BCUT2D eigenvalue weighted by Gasteiger charge is -2.32. The molecule has 0 bridgehead atoms. The van der Waals surface area contributed by atoms with Crippen LogP contribution in [0.15, 0.2) is 29.1 Å². The number of amides is 1. The van der Waals surface area contributed by atoms with Crippen LogP contribution in [-0.4, -0.2) is 51.6 Å². The van der Waals surface area contributed by atoms with Crippen LogP contribution in [0.25, 0.3) is 0 Å². The Hall–Kier alpha value is -2.15. The van der Waals surface area contributed by atoms with Gasteiger partial charge in [0.05, 0.1) is 37.3 Å². The predicted octanol–water partition coefficient (Wildman–Crippen LogP) is 0.721. The molecular formula is C13H16N4O3. The molecule has 0 aliphatic carbocycles. The number of nitrogens with zero attached hydrogens (tertiary/aromatic N) is 4. The highest BCUT2D eigenvalue weighted by molar-refractivity contribution is 5.95. The molecule has 0 saturated carbocycles. The molecule has 20 heavy (non-hydrogen) atoms. The largest absolute Gasteiger partial charge is 0.469 e. The van der Waals surface area contributed by atoms with Gasteiger partial charge in [0, 0.05) is 19.3 Å². The molecule has 0 spiro atoms. The minimum atomic E-state index is -0.0680. The SMILES string of the molecule is Cc1occc1C(=O)N1CCOC(Cn2ccnn2)C1. The van der Waals surface area contributed by atoms with Gasteiger partial charge in [-0.2, -0.15) is 0 Å². The molecule has 0 N–H and O–H groups in total. The van der Waals surface area contributed by atoms with Crippen molar-refractivity contribution in [1.82, 2.24) is 19.9 Å². The minimum Gasteiger partial charge on any atom is -0.469 e. The molecule has 7 nitrogen and oxygen atoms in total. The quantitative estimate of drug-likeness (QED) is 0.826. The van der Waals surface area contributed by atoms with Gasteiger partial charge in [0.1, 0.15) is 5.76 Å². The van der Waals surface area contributed by atoms with Gasteiger partial charge in [-0.15, -0.1) is 5.10 Å². The van der Waals surface area contributed by atoms with E-state index in [9.17, 15) is 4.79 Å². The lowest BCUT2D eigenvalue weighted by atomic mass is 10.2. The number of aryl methyl sites for hydroxylation is 1. The zero-order valence-corrected chi connectivity index (χ0v) is 11.2. The Morgan fingerprint density at radius 1 is 1.55 bits per heavy atom. The minimum absolute atomic E-state index is 0.0110. The molecule has 7 heteroatoms. The number of ether oxygens (including phenoxy) is 1. The third-order valence-electron chi connectivity index (χ3n) is 3.38. The molecule has 0 radical (unpaired) electrons. The Morgan fingerprint density at radius 2 is 2.45 bits per heavy atom. The van der Waals surface area contributed by atoms with Crippen molar-refractivity contribution in [2.75, 3.05) is 19.7 Å². The molecule has 2 aromatic rings.